The van der Waals surface area contributed by atoms with Crippen molar-refractivity contribution in [2.45, 2.75) is 52.8 Å². The van der Waals surface area contributed by atoms with E-state index in [1.807, 2.05) is 26.0 Å². The Kier molecular flexibility index (Phi) is 8.96. The SMILES string of the molecule is CCC(C)=C(c1ccc(COc2nc(Cl)ncc2OC(O)(O)O)cc1)N(C)/C=C(\C)C(C)(F)F. The van der Waals surface area contributed by atoms with Crippen LogP contribution >= 0.6 is 11.6 Å². The molecule has 0 aliphatic heterocycles. The first kappa shape index (κ1) is 27.5. The predicted octanol–water partition coefficient (Wildman–Crippen LogP) is 4.31. The average Bonchev–Trinajstić information content (AvgIpc) is 2.73. The number of nitrogens with zero attached hydrogens (tertiary/aromatic N) is 3. The topological polar surface area (TPSA) is 108 Å². The Hall–Kier alpha value is -2.79. The summed E-state index contributed by atoms with van der Waals surface area (Å²) in [5.41, 5.74) is 3.32. The molecule has 1 aromatic carbocycles. The van der Waals surface area contributed by atoms with Crippen molar-refractivity contribution in [2.24, 2.45) is 0 Å². The van der Waals surface area contributed by atoms with Gasteiger partial charge in [-0.25, -0.2) is 13.8 Å². The second-order valence-electron chi connectivity index (χ2n) is 7.76. The highest BCUT2D eigenvalue weighted by Gasteiger charge is 2.25. The normalized spacial score (nSPS) is 13.4. The van der Waals surface area contributed by atoms with Crippen molar-refractivity contribution in [3.05, 3.63) is 64.2 Å². The maximum atomic E-state index is 13.7. The number of aromatic nitrogens is 2. The van der Waals surface area contributed by atoms with Gasteiger partial charge < -0.3 is 29.7 Å². The van der Waals surface area contributed by atoms with Gasteiger partial charge in [0, 0.05) is 31.4 Å². The molecule has 0 aliphatic carbocycles. The fraction of sp³-hybridized carbons (Fsp3) is 0.391. The second-order valence-corrected chi connectivity index (χ2v) is 8.10. The van der Waals surface area contributed by atoms with Crippen molar-refractivity contribution in [2.75, 3.05) is 7.05 Å². The zero-order valence-electron chi connectivity index (χ0n) is 19.5. The van der Waals surface area contributed by atoms with E-state index in [0.29, 0.717) is 0 Å². The molecule has 34 heavy (non-hydrogen) atoms. The molecule has 0 saturated heterocycles. The lowest BCUT2D eigenvalue weighted by Gasteiger charge is -2.24. The van der Waals surface area contributed by atoms with Gasteiger partial charge in [-0.05, 0) is 48.6 Å². The zero-order chi connectivity index (χ0) is 25.7. The zero-order valence-corrected chi connectivity index (χ0v) is 20.3. The molecule has 0 atom stereocenters. The van der Waals surface area contributed by atoms with Crippen LogP contribution in [-0.2, 0) is 6.61 Å². The fourth-order valence-electron chi connectivity index (χ4n) is 2.95. The highest BCUT2D eigenvalue weighted by molar-refractivity contribution is 6.28. The van der Waals surface area contributed by atoms with Crippen LogP contribution in [-0.4, -0.2) is 49.3 Å². The molecule has 0 saturated carbocycles. The standard InChI is InChI=1S/C23H28ClF2N3O5/c1-6-14(2)19(29(5)12-15(3)22(4,25)26)17-9-7-16(8-10-17)13-33-20-18(34-23(30,31)32)11-27-21(24)28-20/h7-12,30-32H,6,13H2,1-5H3/b15-12+,19-14?. The van der Waals surface area contributed by atoms with E-state index >= 15 is 0 Å². The Morgan fingerprint density at radius 3 is 2.32 bits per heavy atom. The third-order valence-corrected chi connectivity index (χ3v) is 5.09. The van der Waals surface area contributed by atoms with Gasteiger partial charge in [0.25, 0.3) is 11.8 Å². The van der Waals surface area contributed by atoms with Gasteiger partial charge in [0.2, 0.25) is 11.0 Å². The molecule has 0 aliphatic rings. The molecule has 0 fully saturated rings. The van der Waals surface area contributed by atoms with E-state index in [-0.39, 0.29) is 29.1 Å². The van der Waals surface area contributed by atoms with Gasteiger partial charge >= 0.3 is 6.16 Å². The summed E-state index contributed by atoms with van der Waals surface area (Å²) in [6.07, 6.45) is -0.271. The van der Waals surface area contributed by atoms with Gasteiger partial charge in [-0.1, -0.05) is 31.2 Å². The number of hydrogen-bond acceptors (Lipinski definition) is 8. The number of halogens is 3. The van der Waals surface area contributed by atoms with Crippen LogP contribution in [0.2, 0.25) is 5.28 Å². The predicted molar refractivity (Wildman–Crippen MR) is 123 cm³/mol. The number of ether oxygens (including phenoxy) is 2. The van der Waals surface area contributed by atoms with Crippen LogP contribution in [0.3, 0.4) is 0 Å². The molecule has 2 rings (SSSR count). The summed E-state index contributed by atoms with van der Waals surface area (Å²) in [7, 11) is 1.73. The molecule has 1 aromatic heterocycles. The van der Waals surface area contributed by atoms with Crippen LogP contribution < -0.4 is 9.47 Å². The number of benzene rings is 1. The average molecular weight is 500 g/mol. The lowest BCUT2D eigenvalue weighted by atomic mass is 10.0. The van der Waals surface area contributed by atoms with Crippen LogP contribution in [0.1, 0.15) is 45.2 Å². The van der Waals surface area contributed by atoms with Gasteiger partial charge in [-0.2, -0.15) is 4.98 Å². The Bertz CT molecular complexity index is 1050. The van der Waals surface area contributed by atoms with Crippen molar-refractivity contribution < 1.29 is 33.6 Å². The minimum Gasteiger partial charge on any atom is -0.470 e. The summed E-state index contributed by atoms with van der Waals surface area (Å²) in [5.74, 6) is -3.47. The summed E-state index contributed by atoms with van der Waals surface area (Å²) in [5, 5.41) is 26.9. The number of rotatable bonds is 10. The van der Waals surface area contributed by atoms with Gasteiger partial charge in [-0.3, -0.25) is 0 Å². The highest BCUT2D eigenvalue weighted by atomic mass is 35.5. The quantitative estimate of drug-likeness (QED) is 0.328. The van der Waals surface area contributed by atoms with Crippen molar-refractivity contribution in [1.82, 2.24) is 14.9 Å². The van der Waals surface area contributed by atoms with Crippen LogP contribution in [0.5, 0.6) is 11.6 Å². The molecular formula is C23H28ClF2N3O5. The Balaban J connectivity index is 2.25. The molecule has 186 valence electrons. The van der Waals surface area contributed by atoms with E-state index in [9.17, 15) is 8.78 Å². The summed E-state index contributed by atoms with van der Waals surface area (Å²) < 4.78 is 37.4. The van der Waals surface area contributed by atoms with E-state index in [0.717, 1.165) is 41.9 Å². The lowest BCUT2D eigenvalue weighted by molar-refractivity contribution is -0.419. The van der Waals surface area contributed by atoms with Crippen LogP contribution in [0.25, 0.3) is 5.70 Å². The monoisotopic (exact) mass is 499 g/mol. The number of hydrogen-bond donors (Lipinski definition) is 3. The molecule has 0 amide bonds. The van der Waals surface area contributed by atoms with Gasteiger partial charge in [-0.15, -0.1) is 0 Å². The highest BCUT2D eigenvalue weighted by Crippen LogP contribution is 2.30. The second kappa shape index (κ2) is 11.1. The molecule has 3 N–H and O–H groups in total. The summed E-state index contributed by atoms with van der Waals surface area (Å²) in [6, 6.07) is 7.24. The van der Waals surface area contributed by atoms with Gasteiger partial charge in [0.05, 0.1) is 6.20 Å². The smallest absolute Gasteiger partial charge is 0.453 e. The Labute approximate surface area is 201 Å². The first-order valence-corrected chi connectivity index (χ1v) is 10.7. The minimum atomic E-state index is -3.45. The molecule has 0 spiro atoms. The largest absolute Gasteiger partial charge is 0.470 e. The number of allylic oxidation sites excluding steroid dienone is 2. The maximum Gasteiger partial charge on any atom is 0.453 e. The molecular weight excluding hydrogens is 472 g/mol. The van der Waals surface area contributed by atoms with Crippen molar-refractivity contribution in [3.63, 3.8) is 0 Å². The molecule has 8 nitrogen and oxygen atoms in total. The lowest BCUT2D eigenvalue weighted by Crippen LogP contribution is -2.34. The van der Waals surface area contributed by atoms with Crippen LogP contribution in [0, 0.1) is 0 Å². The third kappa shape index (κ3) is 7.91. The van der Waals surface area contributed by atoms with Crippen molar-refractivity contribution >= 4 is 17.3 Å². The molecule has 0 unspecified atom stereocenters. The minimum absolute atomic E-state index is 0.00197. The molecule has 0 bridgehead atoms. The first-order chi connectivity index (χ1) is 15.7. The Morgan fingerprint density at radius 1 is 1.18 bits per heavy atom. The van der Waals surface area contributed by atoms with E-state index in [4.69, 9.17) is 31.7 Å². The molecule has 11 heteroatoms. The van der Waals surface area contributed by atoms with Crippen LogP contribution in [0.4, 0.5) is 8.78 Å². The summed E-state index contributed by atoms with van der Waals surface area (Å²) >= 11 is 5.76. The maximum absolute atomic E-state index is 13.7. The van der Waals surface area contributed by atoms with Crippen LogP contribution in [0.15, 0.2) is 47.8 Å². The first-order valence-electron chi connectivity index (χ1n) is 10.3. The van der Waals surface area contributed by atoms with Gasteiger partial charge in [0.15, 0.2) is 0 Å². The molecule has 2 aromatic rings. The molecule has 0 radical (unpaired) electrons. The Morgan fingerprint density at radius 2 is 1.79 bits per heavy atom. The van der Waals surface area contributed by atoms with Gasteiger partial charge in [0.1, 0.15) is 6.61 Å². The number of alkyl halides is 2. The third-order valence-electron chi connectivity index (χ3n) is 4.91. The van der Waals surface area contributed by atoms with Crippen molar-refractivity contribution in [1.29, 1.82) is 0 Å². The van der Waals surface area contributed by atoms with Crippen molar-refractivity contribution in [3.8, 4) is 11.6 Å². The van der Waals surface area contributed by atoms with E-state index < -0.39 is 12.1 Å². The summed E-state index contributed by atoms with van der Waals surface area (Å²) in [4.78, 5) is 9.14. The van der Waals surface area contributed by atoms with E-state index in [1.54, 1.807) is 24.1 Å². The summed E-state index contributed by atoms with van der Waals surface area (Å²) in [6.45, 7) is 6.19. The number of aliphatic hydroxyl groups is 3. The molecule has 1 heterocycles. The van der Waals surface area contributed by atoms with E-state index in [2.05, 4.69) is 14.7 Å². The van der Waals surface area contributed by atoms with E-state index in [1.165, 1.54) is 13.1 Å². The fourth-order valence-corrected chi connectivity index (χ4v) is 3.08.